The largest absolute Gasteiger partial charge is 0.481 e. The minimum absolute atomic E-state index is 0.0683. The van der Waals surface area contributed by atoms with Crippen LogP contribution in [0.4, 0.5) is 0 Å². The molecule has 0 aliphatic carbocycles. The van der Waals surface area contributed by atoms with Crippen LogP contribution in [-0.2, 0) is 24.3 Å². The van der Waals surface area contributed by atoms with E-state index in [4.69, 9.17) is 5.11 Å². The highest BCUT2D eigenvalue weighted by molar-refractivity contribution is 5.70. The number of carbonyl (C=O) groups is 1. The smallest absolute Gasteiger partial charge is 0.307 e. The molecule has 0 saturated heterocycles. The van der Waals surface area contributed by atoms with Crippen LogP contribution in [0.25, 0.3) is 0 Å². The van der Waals surface area contributed by atoms with Crippen molar-refractivity contribution in [3.8, 4) is 0 Å². The molecule has 0 radical (unpaired) electrons. The number of benzene rings is 1. The second kappa shape index (κ2) is 6.20. The van der Waals surface area contributed by atoms with E-state index in [1.807, 2.05) is 43.6 Å². The van der Waals surface area contributed by atoms with Gasteiger partial charge >= 0.3 is 5.97 Å². The van der Waals surface area contributed by atoms with Gasteiger partial charge in [-0.05, 0) is 30.3 Å². The van der Waals surface area contributed by atoms with Crippen LogP contribution >= 0.6 is 0 Å². The van der Waals surface area contributed by atoms with Crippen molar-refractivity contribution in [3.05, 3.63) is 59.4 Å². The first kappa shape index (κ1) is 13.4. The third-order valence-corrected chi connectivity index (χ3v) is 3.08. The number of rotatable bonds is 6. The summed E-state index contributed by atoms with van der Waals surface area (Å²) in [5, 5.41) is 12.1. The Kier molecular flexibility index (Phi) is 4.36. The van der Waals surface area contributed by atoms with Gasteiger partial charge in [-0.1, -0.05) is 24.3 Å². The number of hydrogen-bond donors (Lipinski definition) is 2. The van der Waals surface area contributed by atoms with Gasteiger partial charge in [0.15, 0.2) is 0 Å². The molecule has 0 aliphatic rings. The summed E-state index contributed by atoms with van der Waals surface area (Å²) in [6.07, 6.45) is 2.09. The van der Waals surface area contributed by atoms with Gasteiger partial charge < -0.3 is 15.0 Å². The molecule has 0 fully saturated rings. The molecule has 1 heterocycles. The molecule has 2 N–H and O–H groups in total. The molecular formula is C15H18N2O2. The van der Waals surface area contributed by atoms with E-state index in [0.29, 0.717) is 6.54 Å². The zero-order valence-corrected chi connectivity index (χ0v) is 11.0. The lowest BCUT2D eigenvalue weighted by atomic mass is 10.0. The molecular weight excluding hydrogens is 240 g/mol. The van der Waals surface area contributed by atoms with Gasteiger partial charge in [-0.25, -0.2) is 0 Å². The van der Waals surface area contributed by atoms with Crippen LogP contribution in [0.5, 0.6) is 0 Å². The molecule has 0 aliphatic heterocycles. The van der Waals surface area contributed by atoms with E-state index in [0.717, 1.165) is 17.7 Å². The number of carboxylic acid groups (broad SMARTS) is 1. The predicted octanol–water partition coefficient (Wildman–Crippen LogP) is 1.88. The molecule has 0 atom stereocenters. The standard InChI is InChI=1S/C15H18N2O2/c1-16-10-14-7-4-8-17(14)11-13-6-3-2-5-12(13)9-15(18)19/h2-8,16H,9-11H2,1H3,(H,18,19). The zero-order chi connectivity index (χ0) is 13.7. The molecule has 4 heteroatoms. The molecule has 2 rings (SSSR count). The highest BCUT2D eigenvalue weighted by atomic mass is 16.4. The first-order valence-corrected chi connectivity index (χ1v) is 6.28. The summed E-state index contributed by atoms with van der Waals surface area (Å²) < 4.78 is 2.14. The summed E-state index contributed by atoms with van der Waals surface area (Å²) >= 11 is 0. The average Bonchev–Trinajstić information content (AvgIpc) is 2.79. The van der Waals surface area contributed by atoms with Crippen molar-refractivity contribution in [1.82, 2.24) is 9.88 Å². The second-order valence-corrected chi connectivity index (χ2v) is 4.50. The Bertz CT molecular complexity index is 561. The van der Waals surface area contributed by atoms with Crippen molar-refractivity contribution in [3.63, 3.8) is 0 Å². The normalized spacial score (nSPS) is 10.6. The van der Waals surface area contributed by atoms with E-state index in [1.54, 1.807) is 0 Å². The van der Waals surface area contributed by atoms with Crippen molar-refractivity contribution in [2.24, 2.45) is 0 Å². The Morgan fingerprint density at radius 2 is 1.95 bits per heavy atom. The number of carboxylic acids is 1. The summed E-state index contributed by atoms with van der Waals surface area (Å²) in [6.45, 7) is 1.50. The Balaban J connectivity index is 2.22. The summed E-state index contributed by atoms with van der Waals surface area (Å²) in [7, 11) is 1.91. The number of aliphatic carboxylic acids is 1. The summed E-state index contributed by atoms with van der Waals surface area (Å²) in [6, 6.07) is 11.8. The van der Waals surface area contributed by atoms with E-state index in [2.05, 4.69) is 16.0 Å². The Morgan fingerprint density at radius 1 is 1.21 bits per heavy atom. The predicted molar refractivity (Wildman–Crippen MR) is 74.1 cm³/mol. The molecule has 0 saturated carbocycles. The lowest BCUT2D eigenvalue weighted by Gasteiger charge is -2.12. The van der Waals surface area contributed by atoms with Gasteiger partial charge in [0, 0.05) is 25.0 Å². The van der Waals surface area contributed by atoms with Crippen molar-refractivity contribution in [2.45, 2.75) is 19.5 Å². The highest BCUT2D eigenvalue weighted by Crippen LogP contribution is 2.13. The van der Waals surface area contributed by atoms with Gasteiger partial charge in [-0.2, -0.15) is 0 Å². The van der Waals surface area contributed by atoms with Crippen molar-refractivity contribution in [2.75, 3.05) is 7.05 Å². The maximum atomic E-state index is 10.9. The van der Waals surface area contributed by atoms with Crippen molar-refractivity contribution >= 4 is 5.97 Å². The van der Waals surface area contributed by atoms with E-state index >= 15 is 0 Å². The van der Waals surface area contributed by atoms with Gasteiger partial charge in [0.05, 0.1) is 6.42 Å². The summed E-state index contributed by atoms with van der Waals surface area (Å²) in [4.78, 5) is 10.9. The van der Waals surface area contributed by atoms with Gasteiger partial charge in [-0.15, -0.1) is 0 Å². The topological polar surface area (TPSA) is 54.3 Å². The number of nitrogens with one attached hydrogen (secondary N) is 1. The Hall–Kier alpha value is -2.07. The van der Waals surface area contributed by atoms with Crippen molar-refractivity contribution < 1.29 is 9.90 Å². The first-order valence-electron chi connectivity index (χ1n) is 6.28. The Labute approximate surface area is 112 Å². The molecule has 2 aromatic rings. The van der Waals surface area contributed by atoms with E-state index < -0.39 is 5.97 Å². The molecule has 0 amide bonds. The second-order valence-electron chi connectivity index (χ2n) is 4.50. The average molecular weight is 258 g/mol. The fraction of sp³-hybridized carbons (Fsp3) is 0.267. The first-order chi connectivity index (χ1) is 9.20. The van der Waals surface area contributed by atoms with Crippen LogP contribution in [0, 0.1) is 0 Å². The maximum absolute atomic E-state index is 10.9. The fourth-order valence-electron chi connectivity index (χ4n) is 2.18. The molecule has 0 spiro atoms. The van der Waals surface area contributed by atoms with Gasteiger partial charge in [0.2, 0.25) is 0 Å². The van der Waals surface area contributed by atoms with Crippen LogP contribution in [0.1, 0.15) is 16.8 Å². The highest BCUT2D eigenvalue weighted by Gasteiger charge is 2.08. The van der Waals surface area contributed by atoms with E-state index in [9.17, 15) is 4.79 Å². The molecule has 100 valence electrons. The number of nitrogens with zero attached hydrogens (tertiary/aromatic N) is 1. The number of hydrogen-bond acceptors (Lipinski definition) is 2. The monoisotopic (exact) mass is 258 g/mol. The van der Waals surface area contributed by atoms with Crippen LogP contribution < -0.4 is 5.32 Å². The molecule has 19 heavy (non-hydrogen) atoms. The van der Waals surface area contributed by atoms with E-state index in [-0.39, 0.29) is 6.42 Å². The number of aromatic nitrogens is 1. The van der Waals surface area contributed by atoms with Gasteiger partial charge in [-0.3, -0.25) is 4.79 Å². The zero-order valence-electron chi connectivity index (χ0n) is 11.0. The molecule has 0 bridgehead atoms. The third-order valence-electron chi connectivity index (χ3n) is 3.08. The van der Waals surface area contributed by atoms with Crippen LogP contribution in [0.15, 0.2) is 42.6 Å². The Morgan fingerprint density at radius 3 is 2.63 bits per heavy atom. The molecule has 0 unspecified atom stereocenters. The molecule has 1 aromatic carbocycles. The van der Waals surface area contributed by atoms with Crippen LogP contribution in [0.3, 0.4) is 0 Å². The van der Waals surface area contributed by atoms with Gasteiger partial charge in [0.25, 0.3) is 0 Å². The third kappa shape index (κ3) is 3.45. The van der Waals surface area contributed by atoms with Crippen LogP contribution in [0.2, 0.25) is 0 Å². The maximum Gasteiger partial charge on any atom is 0.307 e. The summed E-state index contributed by atoms with van der Waals surface area (Å²) in [5.41, 5.74) is 3.12. The minimum atomic E-state index is -0.796. The fourth-order valence-corrected chi connectivity index (χ4v) is 2.18. The van der Waals surface area contributed by atoms with Gasteiger partial charge in [0.1, 0.15) is 0 Å². The van der Waals surface area contributed by atoms with Crippen LogP contribution in [-0.4, -0.2) is 22.7 Å². The lowest BCUT2D eigenvalue weighted by molar-refractivity contribution is -0.136. The molecule has 4 nitrogen and oxygen atoms in total. The molecule has 1 aromatic heterocycles. The quantitative estimate of drug-likeness (QED) is 0.832. The summed E-state index contributed by atoms with van der Waals surface area (Å²) in [5.74, 6) is -0.796. The van der Waals surface area contributed by atoms with Crippen molar-refractivity contribution in [1.29, 1.82) is 0 Å². The lowest BCUT2D eigenvalue weighted by Crippen LogP contribution is -2.12. The SMILES string of the molecule is CNCc1cccn1Cc1ccccc1CC(=O)O. The minimum Gasteiger partial charge on any atom is -0.481 e. The van der Waals surface area contributed by atoms with E-state index in [1.165, 1.54) is 5.69 Å².